The molecule has 4 nitrogen and oxygen atoms in total. The Morgan fingerprint density at radius 1 is 1.07 bits per heavy atom. The molecule has 0 atom stereocenters. The van der Waals surface area contributed by atoms with Gasteiger partial charge in [0.15, 0.2) is 0 Å². The highest BCUT2D eigenvalue weighted by molar-refractivity contribution is 5.85. The molecule has 1 amide bonds. The van der Waals surface area contributed by atoms with E-state index in [0.29, 0.717) is 18.9 Å². The van der Waals surface area contributed by atoms with Gasteiger partial charge in [-0.15, -0.1) is 12.4 Å². The van der Waals surface area contributed by atoms with Gasteiger partial charge in [-0.2, -0.15) is 0 Å². The van der Waals surface area contributed by atoms with E-state index < -0.39 is 0 Å². The highest BCUT2D eigenvalue weighted by Gasteiger charge is 2.22. The number of hydrogen-bond donors (Lipinski definition) is 1. The number of carbonyl (C=O) groups excluding carboxylic acids is 1. The van der Waals surface area contributed by atoms with Gasteiger partial charge in [-0.3, -0.25) is 4.79 Å². The Labute approximate surface area is 180 Å². The highest BCUT2D eigenvalue weighted by atomic mass is 35.5. The van der Waals surface area contributed by atoms with Crippen LogP contribution in [0.25, 0.3) is 0 Å². The number of aryl methyl sites for hydroxylation is 2. The van der Waals surface area contributed by atoms with Gasteiger partial charge in [0.2, 0.25) is 5.91 Å². The molecular weight excluding hydrogens is 384 g/mol. The van der Waals surface area contributed by atoms with Crippen molar-refractivity contribution in [2.24, 2.45) is 5.92 Å². The Morgan fingerprint density at radius 2 is 1.76 bits per heavy atom. The monoisotopic (exact) mass is 416 g/mol. The number of amides is 1. The zero-order valence-electron chi connectivity index (χ0n) is 17.3. The highest BCUT2D eigenvalue weighted by Crippen LogP contribution is 2.24. The molecule has 1 fully saturated rings. The van der Waals surface area contributed by atoms with E-state index in [-0.39, 0.29) is 18.3 Å². The SMILES string of the molecule is CCOc1ccc(CCC2CCN(C(=O)CCc3ccccc3N)CC2)cc1.Cl. The first-order valence-electron chi connectivity index (χ1n) is 10.5. The maximum absolute atomic E-state index is 12.5. The average molecular weight is 417 g/mol. The average Bonchev–Trinajstić information content (AvgIpc) is 2.73. The summed E-state index contributed by atoms with van der Waals surface area (Å²) in [6, 6.07) is 16.3. The number of benzene rings is 2. The van der Waals surface area contributed by atoms with Gasteiger partial charge >= 0.3 is 0 Å². The van der Waals surface area contributed by atoms with E-state index in [1.54, 1.807) is 0 Å². The molecule has 0 aromatic heterocycles. The van der Waals surface area contributed by atoms with Crippen LogP contribution in [0.1, 0.15) is 43.7 Å². The van der Waals surface area contributed by atoms with Crippen molar-refractivity contribution in [3.63, 3.8) is 0 Å². The van der Waals surface area contributed by atoms with Gasteiger partial charge in [0.05, 0.1) is 6.61 Å². The number of likely N-dealkylation sites (tertiary alicyclic amines) is 1. The molecule has 158 valence electrons. The molecule has 3 rings (SSSR count). The van der Waals surface area contributed by atoms with Crippen LogP contribution in [0.4, 0.5) is 5.69 Å². The smallest absolute Gasteiger partial charge is 0.222 e. The lowest BCUT2D eigenvalue weighted by atomic mass is 9.90. The topological polar surface area (TPSA) is 55.6 Å². The van der Waals surface area contributed by atoms with Crippen LogP contribution in [0, 0.1) is 5.92 Å². The van der Waals surface area contributed by atoms with Gasteiger partial charge in [-0.25, -0.2) is 0 Å². The first-order valence-corrected chi connectivity index (χ1v) is 10.5. The molecule has 1 aliphatic heterocycles. The van der Waals surface area contributed by atoms with E-state index in [4.69, 9.17) is 10.5 Å². The predicted molar refractivity (Wildman–Crippen MR) is 122 cm³/mol. The largest absolute Gasteiger partial charge is 0.494 e. The summed E-state index contributed by atoms with van der Waals surface area (Å²) in [5.74, 6) is 1.91. The van der Waals surface area contributed by atoms with Gasteiger partial charge in [0, 0.05) is 25.2 Å². The van der Waals surface area contributed by atoms with Crippen LogP contribution >= 0.6 is 12.4 Å². The number of nitrogen functional groups attached to an aromatic ring is 1. The van der Waals surface area contributed by atoms with E-state index in [9.17, 15) is 4.79 Å². The Kier molecular flexibility index (Phi) is 9.33. The minimum atomic E-state index is 0. The van der Waals surface area contributed by atoms with Crippen LogP contribution in [0.2, 0.25) is 0 Å². The molecule has 2 aromatic carbocycles. The number of para-hydroxylation sites is 1. The second-order valence-corrected chi connectivity index (χ2v) is 7.64. The Balaban J connectivity index is 0.00000300. The van der Waals surface area contributed by atoms with Crippen LogP contribution in [0.15, 0.2) is 48.5 Å². The fourth-order valence-corrected chi connectivity index (χ4v) is 3.92. The zero-order chi connectivity index (χ0) is 19.8. The molecule has 0 spiro atoms. The number of halogens is 1. The number of nitrogens with two attached hydrogens (primary N) is 1. The van der Waals surface area contributed by atoms with Crippen LogP contribution in [-0.4, -0.2) is 30.5 Å². The quantitative estimate of drug-likeness (QED) is 0.623. The van der Waals surface area contributed by atoms with Crippen molar-refractivity contribution in [2.75, 3.05) is 25.4 Å². The second-order valence-electron chi connectivity index (χ2n) is 7.64. The summed E-state index contributed by atoms with van der Waals surface area (Å²) in [6.07, 6.45) is 5.77. The third kappa shape index (κ3) is 6.97. The third-order valence-corrected chi connectivity index (χ3v) is 5.71. The normalized spacial score (nSPS) is 14.3. The molecule has 0 aliphatic carbocycles. The molecule has 1 heterocycles. The number of piperidine rings is 1. The fraction of sp³-hybridized carbons (Fsp3) is 0.458. The first kappa shape index (κ1) is 23.1. The number of rotatable bonds is 8. The Bertz CT molecular complexity index is 756. The first-order chi connectivity index (χ1) is 13.7. The number of carbonyl (C=O) groups is 1. The molecule has 0 radical (unpaired) electrons. The summed E-state index contributed by atoms with van der Waals surface area (Å²) >= 11 is 0. The van der Waals surface area contributed by atoms with Crippen molar-refractivity contribution in [3.05, 3.63) is 59.7 Å². The molecule has 2 aromatic rings. The van der Waals surface area contributed by atoms with Gasteiger partial charge in [-0.1, -0.05) is 30.3 Å². The maximum Gasteiger partial charge on any atom is 0.222 e. The summed E-state index contributed by atoms with van der Waals surface area (Å²) in [6.45, 7) is 4.48. The van der Waals surface area contributed by atoms with E-state index >= 15 is 0 Å². The molecule has 0 saturated carbocycles. The lowest BCUT2D eigenvalue weighted by molar-refractivity contribution is -0.132. The van der Waals surface area contributed by atoms with Crippen molar-refractivity contribution in [2.45, 2.75) is 45.4 Å². The van der Waals surface area contributed by atoms with Crippen molar-refractivity contribution in [1.29, 1.82) is 0 Å². The molecule has 5 heteroatoms. The zero-order valence-corrected chi connectivity index (χ0v) is 18.1. The minimum absolute atomic E-state index is 0. The van der Waals surface area contributed by atoms with Gasteiger partial charge in [0.25, 0.3) is 0 Å². The summed E-state index contributed by atoms with van der Waals surface area (Å²) in [5, 5.41) is 0. The summed E-state index contributed by atoms with van der Waals surface area (Å²) in [4.78, 5) is 14.6. The molecule has 1 aliphatic rings. The summed E-state index contributed by atoms with van der Waals surface area (Å²) < 4.78 is 5.50. The third-order valence-electron chi connectivity index (χ3n) is 5.71. The predicted octanol–water partition coefficient (Wildman–Crippen LogP) is 4.89. The number of nitrogens with zero attached hydrogens (tertiary/aromatic N) is 1. The number of ether oxygens (including phenoxy) is 1. The minimum Gasteiger partial charge on any atom is -0.494 e. The van der Waals surface area contributed by atoms with E-state index in [0.717, 1.165) is 55.8 Å². The van der Waals surface area contributed by atoms with Crippen LogP contribution in [0.5, 0.6) is 5.75 Å². The fourth-order valence-electron chi connectivity index (χ4n) is 3.92. The summed E-state index contributed by atoms with van der Waals surface area (Å²) in [5.41, 5.74) is 9.19. The number of hydrogen-bond acceptors (Lipinski definition) is 3. The summed E-state index contributed by atoms with van der Waals surface area (Å²) in [7, 11) is 0. The standard InChI is InChI=1S/C24H32N2O2.ClH/c1-2-28-22-12-9-19(10-13-22)7-8-20-15-17-26(18-16-20)24(27)14-11-21-5-3-4-6-23(21)25;/h3-6,9-10,12-13,20H,2,7-8,11,14-18,25H2,1H3;1H. The van der Waals surface area contributed by atoms with Gasteiger partial charge < -0.3 is 15.4 Å². The number of anilines is 1. The van der Waals surface area contributed by atoms with E-state index in [1.165, 1.54) is 12.0 Å². The molecule has 0 unspecified atom stereocenters. The second kappa shape index (κ2) is 11.7. The van der Waals surface area contributed by atoms with Crippen molar-refractivity contribution in [3.8, 4) is 5.75 Å². The van der Waals surface area contributed by atoms with Crippen molar-refractivity contribution >= 4 is 24.0 Å². The van der Waals surface area contributed by atoms with E-state index in [1.807, 2.05) is 36.1 Å². The molecule has 2 N–H and O–H groups in total. The van der Waals surface area contributed by atoms with Gasteiger partial charge in [0.1, 0.15) is 5.75 Å². The van der Waals surface area contributed by atoms with E-state index in [2.05, 4.69) is 24.3 Å². The maximum atomic E-state index is 12.5. The van der Waals surface area contributed by atoms with Crippen LogP contribution in [-0.2, 0) is 17.6 Å². The Morgan fingerprint density at radius 3 is 2.41 bits per heavy atom. The Hall–Kier alpha value is -2.20. The van der Waals surface area contributed by atoms with Crippen molar-refractivity contribution < 1.29 is 9.53 Å². The molecule has 0 bridgehead atoms. The lowest BCUT2D eigenvalue weighted by Gasteiger charge is -2.32. The van der Waals surface area contributed by atoms with Crippen LogP contribution in [0.3, 0.4) is 0 Å². The lowest BCUT2D eigenvalue weighted by Crippen LogP contribution is -2.38. The van der Waals surface area contributed by atoms with Crippen molar-refractivity contribution in [1.82, 2.24) is 4.90 Å². The molecule has 1 saturated heterocycles. The van der Waals surface area contributed by atoms with Gasteiger partial charge in [-0.05, 0) is 74.3 Å². The van der Waals surface area contributed by atoms with Crippen LogP contribution < -0.4 is 10.5 Å². The molecular formula is C24H33ClN2O2. The molecule has 29 heavy (non-hydrogen) atoms.